The molecule has 1 heterocycles. The van der Waals surface area contributed by atoms with Crippen molar-refractivity contribution >= 4 is 11.8 Å². The highest BCUT2D eigenvalue weighted by Gasteiger charge is 2.71. The van der Waals surface area contributed by atoms with Crippen LogP contribution in [-0.2, 0) is 16.8 Å². The Morgan fingerprint density at radius 1 is 1.18 bits per heavy atom. The lowest BCUT2D eigenvalue weighted by Crippen LogP contribution is -2.73. The number of aliphatic hydroxyl groups is 1. The molecule has 0 spiro atoms. The maximum Gasteiger partial charge on any atom is 0.405 e. The van der Waals surface area contributed by atoms with E-state index in [1.165, 1.54) is 12.1 Å². The summed E-state index contributed by atoms with van der Waals surface area (Å²) in [5.41, 5.74) is 1.53. The Kier molecular flexibility index (Phi) is 5.96. The molecule has 0 aromatic heterocycles. The van der Waals surface area contributed by atoms with Crippen LogP contribution in [0.1, 0.15) is 57.7 Å². The lowest BCUT2D eigenvalue weighted by atomic mass is 9.55. The predicted molar refractivity (Wildman–Crippen MR) is 124 cm³/mol. The number of carbonyl (C=O) groups excluding carboxylic acids is 1. The zero-order valence-corrected chi connectivity index (χ0v) is 20.0. The number of primary amides is 1. The van der Waals surface area contributed by atoms with Gasteiger partial charge in [-0.05, 0) is 45.2 Å². The van der Waals surface area contributed by atoms with Gasteiger partial charge in [0.1, 0.15) is 17.0 Å². The maximum absolute atomic E-state index is 12.5. The van der Waals surface area contributed by atoms with Gasteiger partial charge < -0.3 is 20.3 Å². The Morgan fingerprint density at radius 2 is 1.79 bits per heavy atom. The lowest BCUT2D eigenvalue weighted by molar-refractivity contribution is -0.385. The summed E-state index contributed by atoms with van der Waals surface area (Å²) in [7, 11) is 0. The number of nitro groups is 1. The number of ether oxygens (including phenoxy) is 2. The van der Waals surface area contributed by atoms with Gasteiger partial charge in [-0.2, -0.15) is 0 Å². The first-order valence-corrected chi connectivity index (χ1v) is 10.9. The van der Waals surface area contributed by atoms with Crippen molar-refractivity contribution in [2.45, 2.75) is 71.2 Å². The van der Waals surface area contributed by atoms with Crippen LogP contribution in [0.5, 0.6) is 5.75 Å². The Bertz CT molecular complexity index is 1080. The Balaban J connectivity index is 2.35. The first-order chi connectivity index (χ1) is 15.2. The molecule has 8 nitrogen and oxygen atoms in total. The number of hydrogen-bond acceptors (Lipinski definition) is 6. The normalized spacial score (nSPS) is 23.8. The smallest absolute Gasteiger partial charge is 0.405 e. The van der Waals surface area contributed by atoms with E-state index in [1.807, 2.05) is 51.1 Å². The van der Waals surface area contributed by atoms with Gasteiger partial charge in [0, 0.05) is 17.0 Å². The second kappa shape index (κ2) is 8.02. The van der Waals surface area contributed by atoms with Crippen LogP contribution < -0.4 is 10.5 Å². The van der Waals surface area contributed by atoms with Crippen LogP contribution in [0.3, 0.4) is 0 Å². The predicted octanol–water partition coefficient (Wildman–Crippen LogP) is 4.77. The fourth-order valence-corrected chi connectivity index (χ4v) is 5.19. The lowest BCUT2D eigenvalue weighted by Gasteiger charge is -2.61. The van der Waals surface area contributed by atoms with E-state index in [1.54, 1.807) is 20.8 Å². The van der Waals surface area contributed by atoms with Crippen molar-refractivity contribution < 1.29 is 24.3 Å². The maximum atomic E-state index is 12.5. The molecular weight excluding hydrogens is 424 g/mol. The van der Waals surface area contributed by atoms with Gasteiger partial charge in [-0.15, -0.1) is 0 Å². The first kappa shape index (κ1) is 24.5. The molecule has 0 aliphatic carbocycles. The Morgan fingerprint density at radius 3 is 2.30 bits per heavy atom. The van der Waals surface area contributed by atoms with E-state index in [4.69, 9.17) is 15.2 Å². The number of carbonyl (C=O) groups is 1. The van der Waals surface area contributed by atoms with Crippen LogP contribution in [0.4, 0.5) is 10.5 Å². The van der Waals surface area contributed by atoms with Gasteiger partial charge in [-0.1, -0.05) is 51.1 Å². The summed E-state index contributed by atoms with van der Waals surface area (Å²) in [6.07, 6.45) is -0.391. The third-order valence-corrected chi connectivity index (χ3v) is 6.82. The summed E-state index contributed by atoms with van der Waals surface area (Å²) < 4.78 is 12.2. The average molecular weight is 457 g/mol. The van der Waals surface area contributed by atoms with E-state index >= 15 is 0 Å². The number of nitro benzene ring substituents is 1. The number of aryl methyl sites for hydroxylation is 1. The molecule has 3 N–H and O–H groups in total. The molecule has 1 amide bonds. The molecule has 1 aliphatic rings. The Hall–Kier alpha value is -3.13. The molecule has 0 bridgehead atoms. The summed E-state index contributed by atoms with van der Waals surface area (Å²) in [5, 5.41) is 24.1. The van der Waals surface area contributed by atoms with Gasteiger partial charge in [0.15, 0.2) is 5.60 Å². The molecule has 3 rings (SSSR count). The summed E-state index contributed by atoms with van der Waals surface area (Å²) >= 11 is 0. The van der Waals surface area contributed by atoms with Gasteiger partial charge in [0.05, 0.1) is 10.5 Å². The SMILES string of the molecule is Cc1c([N+](=O)[O-])ccc2c1OC(C)(C)[C@](O)(CCc1ccccc1)[C@@]2(OC(N)=O)C(C)(C)C. The highest BCUT2D eigenvalue weighted by molar-refractivity contribution is 5.68. The monoisotopic (exact) mass is 456 g/mol. The molecule has 2 aromatic carbocycles. The second-order valence-electron chi connectivity index (χ2n) is 10.2. The van der Waals surface area contributed by atoms with Gasteiger partial charge >= 0.3 is 6.09 Å². The summed E-state index contributed by atoms with van der Waals surface area (Å²) in [6.45, 7) is 10.5. The topological polar surface area (TPSA) is 125 Å². The highest BCUT2D eigenvalue weighted by atomic mass is 16.6. The van der Waals surface area contributed by atoms with E-state index < -0.39 is 33.2 Å². The van der Waals surface area contributed by atoms with E-state index in [0.29, 0.717) is 12.0 Å². The van der Waals surface area contributed by atoms with Crippen molar-refractivity contribution in [2.24, 2.45) is 11.1 Å². The molecule has 0 fully saturated rings. The number of nitrogens with zero attached hydrogens (tertiary/aromatic N) is 1. The van der Waals surface area contributed by atoms with Crippen molar-refractivity contribution in [1.82, 2.24) is 0 Å². The minimum Gasteiger partial charge on any atom is -0.484 e. The van der Waals surface area contributed by atoms with Crippen molar-refractivity contribution in [3.8, 4) is 5.75 Å². The van der Waals surface area contributed by atoms with Crippen LogP contribution >= 0.6 is 0 Å². The largest absolute Gasteiger partial charge is 0.484 e. The molecule has 0 radical (unpaired) electrons. The highest BCUT2D eigenvalue weighted by Crippen LogP contribution is 2.62. The van der Waals surface area contributed by atoms with Gasteiger partial charge in [0.2, 0.25) is 0 Å². The fraction of sp³-hybridized carbons (Fsp3) is 0.480. The van der Waals surface area contributed by atoms with E-state index in [0.717, 1.165) is 5.56 Å². The second-order valence-corrected chi connectivity index (χ2v) is 10.2. The zero-order chi connectivity index (χ0) is 24.8. The van der Waals surface area contributed by atoms with Crippen molar-refractivity contribution in [2.75, 3.05) is 0 Å². The molecule has 0 unspecified atom stereocenters. The summed E-state index contributed by atoms with van der Waals surface area (Å²) in [5.74, 6) is 0.217. The Labute approximate surface area is 193 Å². The molecule has 1 aliphatic heterocycles. The average Bonchev–Trinajstić information content (AvgIpc) is 2.70. The number of hydrogen-bond donors (Lipinski definition) is 2. The number of amides is 1. The van der Waals surface area contributed by atoms with E-state index in [-0.39, 0.29) is 23.4 Å². The molecular formula is C25H32N2O6. The van der Waals surface area contributed by atoms with Crippen LogP contribution in [0.2, 0.25) is 0 Å². The molecule has 8 heteroatoms. The molecule has 33 heavy (non-hydrogen) atoms. The van der Waals surface area contributed by atoms with Crippen LogP contribution in [-0.4, -0.2) is 27.3 Å². The summed E-state index contributed by atoms with van der Waals surface area (Å²) in [6, 6.07) is 12.5. The van der Waals surface area contributed by atoms with Crippen molar-refractivity contribution in [1.29, 1.82) is 0 Å². The van der Waals surface area contributed by atoms with E-state index in [2.05, 4.69) is 0 Å². The molecule has 2 aromatic rings. The third kappa shape index (κ3) is 3.72. The standard InChI is InChI=1S/C25H32N2O6/c1-16-19(27(30)31)13-12-18-20(16)32-23(5,6)24(29,15-14-17-10-8-7-9-11-17)25(18,22(2,3)4)33-21(26)28/h7-13,29H,14-15H2,1-6H3,(H2,26,28)/t24-,25+/m1/s1. The van der Waals surface area contributed by atoms with Crippen molar-refractivity contribution in [3.05, 3.63) is 69.3 Å². The summed E-state index contributed by atoms with van der Waals surface area (Å²) in [4.78, 5) is 23.4. The third-order valence-electron chi connectivity index (χ3n) is 6.82. The minimum absolute atomic E-state index is 0.124. The number of rotatable bonds is 5. The van der Waals surface area contributed by atoms with Crippen LogP contribution in [0.15, 0.2) is 42.5 Å². The molecule has 0 saturated carbocycles. The van der Waals surface area contributed by atoms with Gasteiger partial charge in [-0.25, -0.2) is 4.79 Å². The number of fused-ring (bicyclic) bond motifs is 1. The van der Waals surface area contributed by atoms with E-state index in [9.17, 15) is 20.0 Å². The molecule has 0 saturated heterocycles. The fourth-order valence-electron chi connectivity index (χ4n) is 5.19. The van der Waals surface area contributed by atoms with Gasteiger partial charge in [-0.3, -0.25) is 10.1 Å². The number of benzene rings is 2. The van der Waals surface area contributed by atoms with Gasteiger partial charge in [0.25, 0.3) is 5.69 Å². The zero-order valence-electron chi connectivity index (χ0n) is 20.0. The molecule has 178 valence electrons. The molecule has 2 atom stereocenters. The quantitative estimate of drug-likeness (QED) is 0.493. The van der Waals surface area contributed by atoms with Crippen LogP contribution in [0.25, 0.3) is 0 Å². The first-order valence-electron chi connectivity index (χ1n) is 10.9. The minimum atomic E-state index is -1.74. The number of nitrogens with two attached hydrogens (primary N) is 1. The van der Waals surface area contributed by atoms with Crippen molar-refractivity contribution in [3.63, 3.8) is 0 Å². The van der Waals surface area contributed by atoms with Crippen LogP contribution in [0, 0.1) is 22.5 Å².